The molecule has 7 heteroatoms. The minimum atomic E-state index is -4.71. The molecule has 0 atom stereocenters. The molecule has 1 amide bonds. The van der Waals surface area contributed by atoms with Gasteiger partial charge in [-0.3, -0.25) is 0 Å². The number of hydrogen-bond acceptors (Lipinski definition) is 3. The Kier molecular flexibility index (Phi) is 3.78. The van der Waals surface area contributed by atoms with Crippen LogP contribution in [0.2, 0.25) is 0 Å². The Morgan fingerprint density at radius 1 is 1.33 bits per heavy atom. The molecule has 0 aliphatic carbocycles. The van der Waals surface area contributed by atoms with Crippen molar-refractivity contribution in [1.29, 1.82) is 0 Å². The second-order valence-corrected chi connectivity index (χ2v) is 5.53. The molecule has 1 aromatic rings. The molecule has 4 nitrogen and oxygen atoms in total. The Labute approximate surface area is 120 Å². The summed E-state index contributed by atoms with van der Waals surface area (Å²) >= 11 is 0. The first-order valence-corrected chi connectivity index (χ1v) is 6.59. The van der Waals surface area contributed by atoms with Gasteiger partial charge in [-0.05, 0) is 50.5 Å². The molecule has 0 spiro atoms. The molecular formula is C14H16F3N2O2-. The second kappa shape index (κ2) is 5.13. The molecule has 0 bridgehead atoms. The Balaban J connectivity index is 2.47. The Hall–Kier alpha value is -1.92. The van der Waals surface area contributed by atoms with Gasteiger partial charge >= 0.3 is 6.18 Å². The van der Waals surface area contributed by atoms with E-state index in [-0.39, 0.29) is 10.6 Å². The Morgan fingerprint density at radius 2 is 2.00 bits per heavy atom. The van der Waals surface area contributed by atoms with Crippen LogP contribution in [0.15, 0.2) is 18.2 Å². The number of fused-ring (bicyclic) bond motifs is 1. The fourth-order valence-electron chi connectivity index (χ4n) is 2.38. The molecule has 2 rings (SSSR count). The lowest BCUT2D eigenvalue weighted by Gasteiger charge is -2.41. The maximum Gasteiger partial charge on any atom is 0.411 e. The minimum absolute atomic E-state index is 0.0280. The summed E-state index contributed by atoms with van der Waals surface area (Å²) in [6.07, 6.45) is -5.03. The first-order chi connectivity index (χ1) is 9.64. The van der Waals surface area contributed by atoms with Gasteiger partial charge in [0.15, 0.2) is 0 Å². The van der Waals surface area contributed by atoms with Crippen LogP contribution in [0.5, 0.6) is 0 Å². The number of rotatable bonds is 2. The van der Waals surface area contributed by atoms with Crippen molar-refractivity contribution in [2.75, 3.05) is 16.8 Å². The third kappa shape index (κ3) is 2.77. The van der Waals surface area contributed by atoms with Crippen LogP contribution in [-0.4, -0.2) is 24.4 Å². The van der Waals surface area contributed by atoms with E-state index in [9.17, 15) is 23.1 Å². The molecule has 1 aliphatic rings. The molecule has 0 saturated carbocycles. The molecule has 1 aromatic carbocycles. The van der Waals surface area contributed by atoms with Gasteiger partial charge in [-0.25, -0.2) is 0 Å². The van der Waals surface area contributed by atoms with E-state index in [4.69, 9.17) is 0 Å². The van der Waals surface area contributed by atoms with Gasteiger partial charge in [0.1, 0.15) is 11.6 Å². The van der Waals surface area contributed by atoms with Gasteiger partial charge in [-0.1, -0.05) is 0 Å². The number of carboxylic acid groups (broad SMARTS) is 1. The Bertz CT molecular complexity index is 556. The lowest BCUT2D eigenvalue weighted by molar-refractivity contribution is -0.254. The normalized spacial score (nSPS) is 15.1. The highest BCUT2D eigenvalue weighted by Crippen LogP contribution is 2.39. The van der Waals surface area contributed by atoms with Gasteiger partial charge in [0, 0.05) is 17.9 Å². The van der Waals surface area contributed by atoms with Crippen LogP contribution < -0.4 is 15.3 Å². The molecule has 0 fully saturated rings. The third-order valence-corrected chi connectivity index (χ3v) is 3.72. The predicted molar refractivity (Wildman–Crippen MR) is 71.3 cm³/mol. The summed E-state index contributed by atoms with van der Waals surface area (Å²) in [5.74, 6) is 0. The monoisotopic (exact) mass is 301 g/mol. The summed E-state index contributed by atoms with van der Waals surface area (Å²) in [6, 6.07) is 4.44. The van der Waals surface area contributed by atoms with Gasteiger partial charge in [0.2, 0.25) is 0 Å². The standard InChI is InChI=1S/C14H17F3N2O2/c1-13(2,14(15,16)17)19(12(20)21)10-5-6-11-9(8-10)4-3-7-18-11/h5-6,8,18H,3-4,7H2,1-2H3,(H,20,21)/p-1. The molecule has 21 heavy (non-hydrogen) atoms. The number of aryl methyl sites for hydroxylation is 1. The number of carbonyl (C=O) groups excluding carboxylic acids is 1. The van der Waals surface area contributed by atoms with Crippen molar-refractivity contribution in [2.45, 2.75) is 38.4 Å². The number of nitrogens with zero attached hydrogens (tertiary/aromatic N) is 1. The molecule has 1 N–H and O–H groups in total. The first-order valence-electron chi connectivity index (χ1n) is 6.59. The van der Waals surface area contributed by atoms with Gasteiger partial charge < -0.3 is 20.1 Å². The van der Waals surface area contributed by atoms with Gasteiger partial charge in [-0.2, -0.15) is 13.2 Å². The number of amides is 1. The highest BCUT2D eigenvalue weighted by molar-refractivity contribution is 5.87. The summed E-state index contributed by atoms with van der Waals surface area (Å²) in [7, 11) is 0. The molecular weight excluding hydrogens is 285 g/mol. The van der Waals surface area contributed by atoms with E-state index in [0.717, 1.165) is 38.1 Å². The number of nitrogens with one attached hydrogen (secondary N) is 1. The quantitative estimate of drug-likeness (QED) is 0.913. The van der Waals surface area contributed by atoms with Crippen molar-refractivity contribution < 1.29 is 23.1 Å². The van der Waals surface area contributed by atoms with Gasteiger partial charge in [-0.15, -0.1) is 0 Å². The van der Waals surface area contributed by atoms with E-state index in [0.29, 0.717) is 6.42 Å². The summed E-state index contributed by atoms with van der Waals surface area (Å²) in [5.41, 5.74) is -0.960. The summed E-state index contributed by atoms with van der Waals surface area (Å²) in [6.45, 7) is 2.44. The SMILES string of the molecule is CC(C)(N(C(=O)[O-])c1ccc2c(c1)CCCN2)C(F)(F)F. The number of anilines is 2. The zero-order valence-corrected chi connectivity index (χ0v) is 11.8. The summed E-state index contributed by atoms with van der Waals surface area (Å²) < 4.78 is 39.4. The number of hydrogen-bond donors (Lipinski definition) is 1. The third-order valence-electron chi connectivity index (χ3n) is 3.72. The van der Waals surface area contributed by atoms with E-state index in [1.165, 1.54) is 12.1 Å². The van der Waals surface area contributed by atoms with Crippen LogP contribution in [0, 0.1) is 0 Å². The average Bonchev–Trinajstić information content (AvgIpc) is 2.36. The van der Waals surface area contributed by atoms with Crippen molar-refractivity contribution in [3.05, 3.63) is 23.8 Å². The minimum Gasteiger partial charge on any atom is -0.530 e. The van der Waals surface area contributed by atoms with E-state index < -0.39 is 17.8 Å². The van der Waals surface area contributed by atoms with Crippen LogP contribution >= 0.6 is 0 Å². The molecule has 0 unspecified atom stereocenters. The fraction of sp³-hybridized carbons (Fsp3) is 0.500. The number of halogens is 3. The van der Waals surface area contributed by atoms with Crippen molar-refractivity contribution in [2.24, 2.45) is 0 Å². The highest BCUT2D eigenvalue weighted by Gasteiger charge is 2.52. The number of carbonyl (C=O) groups is 1. The van der Waals surface area contributed by atoms with Crippen molar-refractivity contribution in [1.82, 2.24) is 0 Å². The van der Waals surface area contributed by atoms with Crippen LogP contribution in [0.4, 0.5) is 29.3 Å². The van der Waals surface area contributed by atoms with E-state index >= 15 is 0 Å². The smallest absolute Gasteiger partial charge is 0.411 e. The number of alkyl halides is 3. The Morgan fingerprint density at radius 3 is 2.57 bits per heavy atom. The van der Waals surface area contributed by atoms with Gasteiger partial charge in [0.05, 0.1) is 0 Å². The van der Waals surface area contributed by atoms with E-state index in [2.05, 4.69) is 5.32 Å². The molecule has 0 radical (unpaired) electrons. The van der Waals surface area contributed by atoms with Crippen LogP contribution in [-0.2, 0) is 6.42 Å². The predicted octanol–water partition coefficient (Wildman–Crippen LogP) is 2.54. The lowest BCUT2D eigenvalue weighted by Crippen LogP contribution is -2.60. The molecule has 1 aliphatic heterocycles. The largest absolute Gasteiger partial charge is 0.530 e. The first kappa shape index (κ1) is 15.5. The van der Waals surface area contributed by atoms with Crippen LogP contribution in [0.1, 0.15) is 25.8 Å². The van der Waals surface area contributed by atoms with Crippen LogP contribution in [0.25, 0.3) is 0 Å². The van der Waals surface area contributed by atoms with Crippen molar-refractivity contribution >= 4 is 17.5 Å². The van der Waals surface area contributed by atoms with Crippen LogP contribution in [0.3, 0.4) is 0 Å². The lowest BCUT2D eigenvalue weighted by atomic mass is 9.98. The second-order valence-electron chi connectivity index (χ2n) is 5.53. The molecule has 116 valence electrons. The fourth-order valence-corrected chi connectivity index (χ4v) is 2.38. The van der Waals surface area contributed by atoms with Gasteiger partial charge in [0.25, 0.3) is 0 Å². The molecule has 0 aromatic heterocycles. The maximum atomic E-state index is 13.1. The van der Waals surface area contributed by atoms with E-state index in [1.807, 2.05) is 0 Å². The van der Waals surface area contributed by atoms with Crippen molar-refractivity contribution in [3.63, 3.8) is 0 Å². The maximum absolute atomic E-state index is 13.1. The summed E-state index contributed by atoms with van der Waals surface area (Å²) in [4.78, 5) is 11.5. The average molecular weight is 301 g/mol. The topological polar surface area (TPSA) is 55.4 Å². The van der Waals surface area contributed by atoms with E-state index in [1.54, 1.807) is 6.07 Å². The van der Waals surface area contributed by atoms with Crippen molar-refractivity contribution in [3.8, 4) is 0 Å². The number of benzene rings is 1. The highest BCUT2D eigenvalue weighted by atomic mass is 19.4. The zero-order chi connectivity index (χ0) is 15.8. The summed E-state index contributed by atoms with van der Waals surface area (Å²) in [5, 5.41) is 14.4. The molecule has 1 heterocycles. The molecule has 0 saturated heterocycles. The zero-order valence-electron chi connectivity index (χ0n) is 11.8.